The number of nitrogens with zero attached hydrogens (tertiary/aromatic N) is 1. The molecule has 0 aliphatic heterocycles. The molecule has 1 aromatic carbocycles. The highest BCUT2D eigenvalue weighted by Crippen LogP contribution is 2.31. The fourth-order valence-electron chi connectivity index (χ4n) is 1.81. The van der Waals surface area contributed by atoms with Crippen LogP contribution in [0.25, 0.3) is 0 Å². The van der Waals surface area contributed by atoms with Crippen LogP contribution in [0, 0.1) is 5.82 Å². The Morgan fingerprint density at radius 1 is 1.28 bits per heavy atom. The fourth-order valence-corrected chi connectivity index (χ4v) is 2.40. The molecule has 1 heterocycles. The van der Waals surface area contributed by atoms with Gasteiger partial charge in [0.15, 0.2) is 0 Å². The van der Waals surface area contributed by atoms with Gasteiger partial charge in [0.1, 0.15) is 5.82 Å². The first-order valence-corrected chi connectivity index (χ1v) is 6.40. The molecule has 2 aromatic rings. The molecule has 0 saturated heterocycles. The molecule has 1 aromatic heterocycles. The monoisotopic (exact) mass is 286 g/mol. The molecule has 5 heteroatoms. The Morgan fingerprint density at radius 3 is 2.56 bits per heavy atom. The van der Waals surface area contributed by atoms with Crippen molar-refractivity contribution in [2.75, 3.05) is 5.32 Å². The van der Waals surface area contributed by atoms with E-state index in [0.29, 0.717) is 12.2 Å². The summed E-state index contributed by atoms with van der Waals surface area (Å²) in [6.07, 6.45) is 2.00. The van der Waals surface area contributed by atoms with Crippen molar-refractivity contribution in [2.24, 2.45) is 0 Å². The van der Waals surface area contributed by atoms with E-state index in [0.717, 1.165) is 12.2 Å². The Balaban J connectivity index is 2.16. The summed E-state index contributed by atoms with van der Waals surface area (Å²) in [4.78, 5) is 0. The third-order valence-corrected chi connectivity index (χ3v) is 3.31. The van der Waals surface area contributed by atoms with Crippen molar-refractivity contribution in [2.45, 2.75) is 20.0 Å². The van der Waals surface area contributed by atoms with Gasteiger partial charge in [-0.25, -0.2) is 4.39 Å². The molecule has 0 saturated carbocycles. The lowest BCUT2D eigenvalue weighted by Crippen LogP contribution is -2.06. The molecule has 18 heavy (non-hydrogen) atoms. The van der Waals surface area contributed by atoms with Gasteiger partial charge in [0.25, 0.3) is 0 Å². The Hall–Kier alpha value is -1.19. The number of nitrogens with one attached hydrogen (secondary N) is 1. The first kappa shape index (κ1) is 13.2. The van der Waals surface area contributed by atoms with Gasteiger partial charge in [-0.15, -0.1) is 0 Å². The highest BCUT2D eigenvalue weighted by atomic mass is 35.5. The third kappa shape index (κ3) is 2.79. The minimum absolute atomic E-state index is 0.287. The van der Waals surface area contributed by atoms with Gasteiger partial charge in [0.05, 0.1) is 22.3 Å². The second-order valence-electron chi connectivity index (χ2n) is 3.88. The molecular formula is C13H13Cl2FN2. The number of anilines is 1. The normalized spacial score (nSPS) is 10.7. The van der Waals surface area contributed by atoms with Crippen molar-refractivity contribution in [1.29, 1.82) is 0 Å². The van der Waals surface area contributed by atoms with Crippen LogP contribution in [0.3, 0.4) is 0 Å². The summed E-state index contributed by atoms with van der Waals surface area (Å²) in [5.41, 5.74) is 1.68. The molecule has 0 aliphatic rings. The predicted octanol–water partition coefficient (Wildman–Crippen LogP) is 4.57. The summed E-state index contributed by atoms with van der Waals surface area (Å²) in [5.74, 6) is -0.438. The minimum atomic E-state index is -0.438. The van der Waals surface area contributed by atoms with Crippen LogP contribution in [0.1, 0.15) is 12.6 Å². The van der Waals surface area contributed by atoms with Gasteiger partial charge < -0.3 is 9.88 Å². The highest BCUT2D eigenvalue weighted by molar-refractivity contribution is 6.39. The maximum Gasteiger partial charge on any atom is 0.126 e. The Bertz CT molecular complexity index is 529. The van der Waals surface area contributed by atoms with E-state index in [-0.39, 0.29) is 10.0 Å². The summed E-state index contributed by atoms with van der Waals surface area (Å²) in [6.45, 7) is 3.56. The maximum absolute atomic E-state index is 13.0. The molecule has 0 aliphatic carbocycles. The second-order valence-corrected chi connectivity index (χ2v) is 4.70. The molecular weight excluding hydrogens is 274 g/mol. The number of hydrogen-bond acceptors (Lipinski definition) is 1. The van der Waals surface area contributed by atoms with E-state index in [1.807, 2.05) is 18.3 Å². The first-order valence-electron chi connectivity index (χ1n) is 5.64. The molecule has 2 rings (SSSR count). The van der Waals surface area contributed by atoms with Crippen molar-refractivity contribution < 1.29 is 4.39 Å². The lowest BCUT2D eigenvalue weighted by Gasteiger charge is -2.12. The quantitative estimate of drug-likeness (QED) is 0.871. The van der Waals surface area contributed by atoms with Gasteiger partial charge >= 0.3 is 0 Å². The van der Waals surface area contributed by atoms with E-state index in [1.54, 1.807) is 0 Å². The van der Waals surface area contributed by atoms with Gasteiger partial charge in [-0.05, 0) is 31.2 Å². The summed E-state index contributed by atoms with van der Waals surface area (Å²) >= 11 is 11.9. The maximum atomic E-state index is 13.0. The summed E-state index contributed by atoms with van der Waals surface area (Å²) in [6, 6.07) is 6.49. The zero-order valence-electron chi connectivity index (χ0n) is 9.88. The third-order valence-electron chi connectivity index (χ3n) is 2.72. The average Bonchev–Trinajstić information content (AvgIpc) is 2.75. The lowest BCUT2D eigenvalue weighted by molar-refractivity contribution is 0.628. The largest absolute Gasteiger partial charge is 0.377 e. The van der Waals surface area contributed by atoms with Gasteiger partial charge in [0, 0.05) is 18.4 Å². The number of rotatable bonds is 4. The minimum Gasteiger partial charge on any atom is -0.377 e. The summed E-state index contributed by atoms with van der Waals surface area (Å²) in [7, 11) is 0. The fraction of sp³-hybridized carbons (Fsp3) is 0.231. The van der Waals surface area contributed by atoms with E-state index in [4.69, 9.17) is 23.2 Å². The number of benzene rings is 1. The zero-order chi connectivity index (χ0) is 13.1. The summed E-state index contributed by atoms with van der Waals surface area (Å²) < 4.78 is 15.1. The lowest BCUT2D eigenvalue weighted by atomic mass is 10.3. The van der Waals surface area contributed by atoms with Crippen LogP contribution in [0.15, 0.2) is 30.5 Å². The van der Waals surface area contributed by atoms with Crippen LogP contribution in [0.5, 0.6) is 0 Å². The number of aromatic nitrogens is 1. The number of hydrogen-bond donors (Lipinski definition) is 1. The highest BCUT2D eigenvalue weighted by Gasteiger charge is 2.08. The molecule has 1 N–H and O–H groups in total. The van der Waals surface area contributed by atoms with Crippen LogP contribution in [0.4, 0.5) is 10.1 Å². The van der Waals surface area contributed by atoms with Crippen LogP contribution < -0.4 is 5.32 Å². The van der Waals surface area contributed by atoms with Gasteiger partial charge in [-0.2, -0.15) is 0 Å². The van der Waals surface area contributed by atoms with Crippen molar-refractivity contribution in [3.63, 3.8) is 0 Å². The van der Waals surface area contributed by atoms with Gasteiger partial charge in [-0.3, -0.25) is 0 Å². The Kier molecular flexibility index (Phi) is 4.15. The van der Waals surface area contributed by atoms with Gasteiger partial charge in [-0.1, -0.05) is 23.2 Å². The molecule has 0 amide bonds. The van der Waals surface area contributed by atoms with Crippen LogP contribution in [-0.4, -0.2) is 4.57 Å². The van der Waals surface area contributed by atoms with E-state index in [2.05, 4.69) is 16.8 Å². The van der Waals surface area contributed by atoms with Crippen molar-refractivity contribution >= 4 is 28.9 Å². The van der Waals surface area contributed by atoms with Crippen molar-refractivity contribution in [1.82, 2.24) is 4.57 Å². The molecule has 96 valence electrons. The van der Waals surface area contributed by atoms with E-state index < -0.39 is 5.82 Å². The molecule has 0 fully saturated rings. The first-order chi connectivity index (χ1) is 8.61. The van der Waals surface area contributed by atoms with Gasteiger partial charge in [0.2, 0.25) is 0 Å². The molecule has 0 bridgehead atoms. The molecule has 0 radical (unpaired) electrons. The van der Waals surface area contributed by atoms with Crippen molar-refractivity contribution in [3.05, 3.63) is 52.0 Å². The zero-order valence-corrected chi connectivity index (χ0v) is 11.4. The Labute approximate surface area is 115 Å². The van der Waals surface area contributed by atoms with Crippen LogP contribution in [-0.2, 0) is 13.1 Å². The van der Waals surface area contributed by atoms with E-state index in [9.17, 15) is 4.39 Å². The Morgan fingerprint density at radius 2 is 1.94 bits per heavy atom. The summed E-state index contributed by atoms with van der Waals surface area (Å²) in [5, 5.41) is 3.71. The standard InChI is InChI=1S/C13H13Cl2FN2/c1-2-18-5-3-4-10(18)8-17-13-11(14)6-9(16)7-12(13)15/h3-7,17H,2,8H2,1H3. The average molecular weight is 287 g/mol. The molecule has 0 spiro atoms. The second kappa shape index (κ2) is 5.63. The topological polar surface area (TPSA) is 17.0 Å². The molecule has 0 atom stereocenters. The SMILES string of the molecule is CCn1cccc1CNc1c(Cl)cc(F)cc1Cl. The van der Waals surface area contributed by atoms with E-state index >= 15 is 0 Å². The smallest absolute Gasteiger partial charge is 0.126 e. The number of halogens is 3. The van der Waals surface area contributed by atoms with Crippen LogP contribution >= 0.6 is 23.2 Å². The number of aryl methyl sites for hydroxylation is 1. The molecule has 0 unspecified atom stereocenters. The van der Waals surface area contributed by atoms with Crippen LogP contribution in [0.2, 0.25) is 10.0 Å². The van der Waals surface area contributed by atoms with E-state index in [1.165, 1.54) is 12.1 Å². The predicted molar refractivity (Wildman–Crippen MR) is 73.9 cm³/mol. The van der Waals surface area contributed by atoms with Crippen molar-refractivity contribution in [3.8, 4) is 0 Å². The molecule has 2 nitrogen and oxygen atoms in total.